The number of carboxylic acids is 1. The molecule has 7 heteroatoms. The van der Waals surface area contributed by atoms with Crippen molar-refractivity contribution >= 4 is 33.5 Å². The Morgan fingerprint density at radius 1 is 1.32 bits per heavy atom. The summed E-state index contributed by atoms with van der Waals surface area (Å²) in [7, 11) is 3.09. The number of carbonyl (C=O) groups is 2. The number of amides is 1. The third kappa shape index (κ3) is 5.53. The van der Waals surface area contributed by atoms with Crippen molar-refractivity contribution in [3.8, 4) is 0 Å². The number of nitrogens with one attached hydrogen (secondary N) is 1. The molecule has 1 aromatic rings. The minimum atomic E-state index is -0.779. The van der Waals surface area contributed by atoms with Gasteiger partial charge < -0.3 is 10.4 Å². The summed E-state index contributed by atoms with van der Waals surface area (Å²) >= 11 is 0. The van der Waals surface area contributed by atoms with Crippen LogP contribution in [-0.2, 0) is 4.79 Å². The van der Waals surface area contributed by atoms with E-state index in [0.717, 1.165) is 17.1 Å². The fraction of sp³-hybridized carbons (Fsp3) is 0.533. The highest BCUT2D eigenvalue weighted by Gasteiger charge is 2.25. The molecule has 1 saturated carbocycles. The molecule has 1 aromatic heterocycles. The van der Waals surface area contributed by atoms with E-state index in [9.17, 15) is 9.59 Å². The molecule has 0 spiro atoms. The van der Waals surface area contributed by atoms with Crippen LogP contribution in [-0.4, -0.2) is 40.0 Å². The first-order valence-corrected chi connectivity index (χ1v) is 9.78. The Kier molecular flexibility index (Phi) is 6.57. The SMILES string of the molecule is Cc1nc(C2CC2)ccc1C(=O)NCCSSCCC(=O)O. The number of rotatable bonds is 9. The fourth-order valence-electron chi connectivity index (χ4n) is 1.98. The van der Waals surface area contributed by atoms with E-state index < -0.39 is 5.97 Å². The molecule has 0 bridgehead atoms. The van der Waals surface area contributed by atoms with Crippen LogP contribution < -0.4 is 5.32 Å². The van der Waals surface area contributed by atoms with Crippen LogP contribution in [0.15, 0.2) is 12.1 Å². The Labute approximate surface area is 138 Å². The zero-order valence-electron chi connectivity index (χ0n) is 12.5. The molecule has 0 aliphatic heterocycles. The van der Waals surface area contributed by atoms with Crippen molar-refractivity contribution in [2.24, 2.45) is 0 Å². The van der Waals surface area contributed by atoms with Crippen molar-refractivity contribution in [1.29, 1.82) is 0 Å². The van der Waals surface area contributed by atoms with Crippen molar-refractivity contribution < 1.29 is 14.7 Å². The molecule has 1 heterocycles. The van der Waals surface area contributed by atoms with Crippen LogP contribution in [0.2, 0.25) is 0 Å². The number of aromatic nitrogens is 1. The second-order valence-corrected chi connectivity index (χ2v) is 7.89. The second kappa shape index (κ2) is 8.43. The van der Waals surface area contributed by atoms with Crippen LogP contribution in [0.1, 0.15) is 46.9 Å². The Bertz CT molecular complexity index is 548. The van der Waals surface area contributed by atoms with Gasteiger partial charge in [-0.2, -0.15) is 0 Å². The summed E-state index contributed by atoms with van der Waals surface area (Å²) in [6.07, 6.45) is 2.58. The van der Waals surface area contributed by atoms with Gasteiger partial charge in [-0.3, -0.25) is 14.6 Å². The summed E-state index contributed by atoms with van der Waals surface area (Å²) in [6, 6.07) is 3.82. The molecule has 0 saturated heterocycles. The molecule has 0 unspecified atom stereocenters. The van der Waals surface area contributed by atoms with E-state index in [0.29, 0.717) is 23.8 Å². The predicted molar refractivity (Wildman–Crippen MR) is 90.5 cm³/mol. The molecule has 1 fully saturated rings. The molecule has 120 valence electrons. The van der Waals surface area contributed by atoms with E-state index in [1.165, 1.54) is 23.6 Å². The molecule has 22 heavy (non-hydrogen) atoms. The maximum Gasteiger partial charge on any atom is 0.304 e. The average Bonchev–Trinajstić information content (AvgIpc) is 3.30. The molecule has 2 rings (SSSR count). The zero-order chi connectivity index (χ0) is 15.9. The number of pyridine rings is 1. The highest BCUT2D eigenvalue weighted by molar-refractivity contribution is 8.76. The lowest BCUT2D eigenvalue weighted by Crippen LogP contribution is -2.26. The van der Waals surface area contributed by atoms with Crippen LogP contribution in [0.25, 0.3) is 0 Å². The smallest absolute Gasteiger partial charge is 0.304 e. The molecular formula is C15H20N2O3S2. The fourth-order valence-corrected chi connectivity index (χ4v) is 3.86. The Hall–Kier alpha value is -1.21. The number of hydrogen-bond donors (Lipinski definition) is 2. The molecule has 0 atom stereocenters. The minimum Gasteiger partial charge on any atom is -0.481 e. The van der Waals surface area contributed by atoms with Crippen molar-refractivity contribution in [2.75, 3.05) is 18.1 Å². The summed E-state index contributed by atoms with van der Waals surface area (Å²) in [5.41, 5.74) is 2.51. The Morgan fingerprint density at radius 2 is 2.05 bits per heavy atom. The highest BCUT2D eigenvalue weighted by Crippen LogP contribution is 2.39. The lowest BCUT2D eigenvalue weighted by molar-refractivity contribution is -0.136. The van der Waals surface area contributed by atoms with Crippen LogP contribution >= 0.6 is 21.6 Å². The van der Waals surface area contributed by atoms with Gasteiger partial charge in [0.1, 0.15) is 0 Å². The van der Waals surface area contributed by atoms with E-state index in [2.05, 4.69) is 10.3 Å². The van der Waals surface area contributed by atoms with E-state index in [4.69, 9.17) is 5.11 Å². The quantitative estimate of drug-likeness (QED) is 0.531. The largest absolute Gasteiger partial charge is 0.481 e. The van der Waals surface area contributed by atoms with E-state index >= 15 is 0 Å². The molecule has 1 aliphatic carbocycles. The maximum atomic E-state index is 12.1. The third-order valence-electron chi connectivity index (χ3n) is 3.30. The molecular weight excluding hydrogens is 320 g/mol. The van der Waals surface area contributed by atoms with Crippen molar-refractivity contribution in [3.05, 3.63) is 29.1 Å². The first-order valence-electron chi connectivity index (χ1n) is 7.30. The third-order valence-corrected chi connectivity index (χ3v) is 5.71. The zero-order valence-corrected chi connectivity index (χ0v) is 14.1. The number of aliphatic carboxylic acids is 1. The number of carboxylic acid groups (broad SMARTS) is 1. The Balaban J connectivity index is 1.67. The summed E-state index contributed by atoms with van der Waals surface area (Å²) < 4.78 is 0. The number of hydrogen-bond acceptors (Lipinski definition) is 5. The number of aryl methyl sites for hydroxylation is 1. The van der Waals surface area contributed by atoms with Gasteiger partial charge in [-0.05, 0) is 31.9 Å². The molecule has 1 amide bonds. The van der Waals surface area contributed by atoms with Crippen molar-refractivity contribution in [1.82, 2.24) is 10.3 Å². The van der Waals surface area contributed by atoms with Gasteiger partial charge in [0.05, 0.1) is 17.7 Å². The summed E-state index contributed by atoms with van der Waals surface area (Å²) in [5, 5.41) is 11.4. The lowest BCUT2D eigenvalue weighted by Gasteiger charge is -2.08. The van der Waals surface area contributed by atoms with Crippen molar-refractivity contribution in [3.63, 3.8) is 0 Å². The monoisotopic (exact) mass is 340 g/mol. The minimum absolute atomic E-state index is 0.0940. The molecule has 0 aromatic carbocycles. The Morgan fingerprint density at radius 3 is 2.68 bits per heavy atom. The van der Waals surface area contributed by atoms with Gasteiger partial charge in [0.25, 0.3) is 5.91 Å². The summed E-state index contributed by atoms with van der Waals surface area (Å²) in [4.78, 5) is 27.0. The van der Waals surface area contributed by atoms with Gasteiger partial charge in [0, 0.05) is 29.7 Å². The predicted octanol–water partition coefficient (Wildman–Crippen LogP) is 2.85. The molecule has 2 N–H and O–H groups in total. The van der Waals surface area contributed by atoms with Crippen LogP contribution in [0, 0.1) is 6.92 Å². The first kappa shape index (κ1) is 17.1. The highest BCUT2D eigenvalue weighted by atomic mass is 33.1. The summed E-state index contributed by atoms with van der Waals surface area (Å²) in [5.74, 6) is 1.06. The second-order valence-electron chi connectivity index (χ2n) is 5.19. The van der Waals surface area contributed by atoms with Crippen molar-refractivity contribution in [2.45, 2.75) is 32.1 Å². The van der Waals surface area contributed by atoms with Crippen LogP contribution in [0.4, 0.5) is 0 Å². The topological polar surface area (TPSA) is 79.3 Å². The lowest BCUT2D eigenvalue weighted by atomic mass is 10.1. The van der Waals surface area contributed by atoms with E-state index in [1.807, 2.05) is 19.1 Å². The van der Waals surface area contributed by atoms with Gasteiger partial charge in [-0.25, -0.2) is 0 Å². The number of carbonyl (C=O) groups excluding carboxylic acids is 1. The molecule has 5 nitrogen and oxygen atoms in total. The van der Waals surface area contributed by atoms with Gasteiger partial charge in [0.2, 0.25) is 0 Å². The van der Waals surface area contributed by atoms with E-state index in [-0.39, 0.29) is 12.3 Å². The molecule has 0 radical (unpaired) electrons. The number of nitrogens with zero attached hydrogens (tertiary/aromatic N) is 1. The maximum absolute atomic E-state index is 12.1. The van der Waals surface area contributed by atoms with Crippen LogP contribution in [0.3, 0.4) is 0 Å². The average molecular weight is 340 g/mol. The normalized spacial score (nSPS) is 13.9. The first-order chi connectivity index (χ1) is 10.6. The van der Waals surface area contributed by atoms with E-state index in [1.54, 1.807) is 10.8 Å². The molecule has 1 aliphatic rings. The van der Waals surface area contributed by atoms with Gasteiger partial charge in [0.15, 0.2) is 0 Å². The van der Waals surface area contributed by atoms with Gasteiger partial charge in [-0.1, -0.05) is 21.6 Å². The van der Waals surface area contributed by atoms with Gasteiger partial charge >= 0.3 is 5.97 Å². The summed E-state index contributed by atoms with van der Waals surface area (Å²) in [6.45, 7) is 2.44. The van der Waals surface area contributed by atoms with Gasteiger partial charge in [-0.15, -0.1) is 0 Å². The standard InChI is InChI=1S/C15H20N2O3S2/c1-10-12(4-5-13(17-10)11-2-3-11)15(20)16-7-9-22-21-8-6-14(18)19/h4-5,11H,2-3,6-9H2,1H3,(H,16,20)(H,18,19). The van der Waals surface area contributed by atoms with Crippen LogP contribution in [0.5, 0.6) is 0 Å².